The lowest BCUT2D eigenvalue weighted by atomic mass is 9.45. The molecule has 6 bridgehead atoms. The number of hydrogen-bond acceptors (Lipinski definition) is 13. The van der Waals surface area contributed by atoms with Crippen LogP contribution in [0.25, 0.3) is 11.0 Å². The summed E-state index contributed by atoms with van der Waals surface area (Å²) in [6.45, 7) is 2.49. The Morgan fingerprint density at radius 1 is 0.930 bits per heavy atom. The summed E-state index contributed by atoms with van der Waals surface area (Å²) >= 11 is 0. The zero-order valence-electron chi connectivity index (χ0n) is 22.2. The largest absolute Gasteiger partial charge is 0.504 e. The summed E-state index contributed by atoms with van der Waals surface area (Å²) in [6.07, 6.45) is -0.793. The van der Waals surface area contributed by atoms with Crippen molar-refractivity contribution < 1.29 is 68.7 Å². The maximum Gasteiger partial charge on any atom is 0.340 e. The first-order chi connectivity index (χ1) is 20.0. The molecule has 0 amide bonds. The Balaban J connectivity index is 1.57. The van der Waals surface area contributed by atoms with Crippen LogP contribution in [0.15, 0.2) is 21.3 Å². The molecule has 1 aliphatic carbocycles. The molecule has 1 aromatic heterocycles. The van der Waals surface area contributed by atoms with Crippen molar-refractivity contribution >= 4 is 22.9 Å². The number of aliphatic hydroxyl groups is 1. The number of aromatic carboxylic acids is 2. The zero-order valence-corrected chi connectivity index (χ0v) is 22.2. The fourth-order valence-electron chi connectivity index (χ4n) is 8.38. The predicted molar refractivity (Wildman–Crippen MR) is 135 cm³/mol. The molecule has 7 N–H and O–H groups in total. The van der Waals surface area contributed by atoms with E-state index < -0.39 is 110 Å². The molecule has 0 unspecified atom stereocenters. The number of fused-ring (bicyclic) bond motifs is 3. The Morgan fingerprint density at radius 3 is 2.26 bits per heavy atom. The van der Waals surface area contributed by atoms with Crippen molar-refractivity contribution in [2.24, 2.45) is 5.41 Å². The molecule has 3 aromatic rings. The van der Waals surface area contributed by atoms with Gasteiger partial charge < -0.3 is 59.1 Å². The normalized spacial score (nSPS) is 36.0. The average Bonchev–Trinajstić information content (AvgIpc) is 2.87. The summed E-state index contributed by atoms with van der Waals surface area (Å²) in [5.41, 5.74) is -7.27. The zero-order chi connectivity index (χ0) is 30.8. The van der Waals surface area contributed by atoms with Gasteiger partial charge >= 0.3 is 11.9 Å². The molecule has 15 heteroatoms. The third-order valence-electron chi connectivity index (χ3n) is 9.64. The second kappa shape index (κ2) is 7.14. The molecule has 6 atom stereocenters. The van der Waals surface area contributed by atoms with Crippen LogP contribution in [0.5, 0.6) is 28.7 Å². The quantitative estimate of drug-likeness (QED) is 0.207. The molecule has 4 saturated heterocycles. The third kappa shape index (κ3) is 2.60. The third-order valence-corrected chi connectivity index (χ3v) is 9.64. The van der Waals surface area contributed by atoms with E-state index in [0.29, 0.717) is 0 Å². The minimum absolute atomic E-state index is 0.154. The summed E-state index contributed by atoms with van der Waals surface area (Å²) in [7, 11) is 0. The van der Waals surface area contributed by atoms with Crippen LogP contribution in [0.3, 0.4) is 0 Å². The van der Waals surface area contributed by atoms with Crippen LogP contribution in [0.4, 0.5) is 0 Å². The second-order valence-corrected chi connectivity index (χ2v) is 12.0. The van der Waals surface area contributed by atoms with E-state index >= 15 is 0 Å². The number of hydrogen-bond donors (Lipinski definition) is 7. The lowest BCUT2D eigenvalue weighted by Crippen LogP contribution is -2.88. The maximum atomic E-state index is 14.2. The second-order valence-electron chi connectivity index (χ2n) is 12.0. The van der Waals surface area contributed by atoms with Crippen LogP contribution < -0.4 is 10.2 Å². The first-order valence-corrected chi connectivity index (χ1v) is 13.1. The van der Waals surface area contributed by atoms with Gasteiger partial charge in [-0.15, -0.1) is 0 Å². The Kier molecular flexibility index (Phi) is 4.33. The molecule has 15 nitrogen and oxygen atoms in total. The van der Waals surface area contributed by atoms with Crippen LogP contribution >= 0.6 is 0 Å². The van der Waals surface area contributed by atoms with Crippen molar-refractivity contribution in [3.05, 3.63) is 50.4 Å². The van der Waals surface area contributed by atoms with Gasteiger partial charge in [0.1, 0.15) is 46.3 Å². The number of aromatic hydroxyl groups is 4. The molecule has 1 spiro atoms. The van der Waals surface area contributed by atoms with Crippen molar-refractivity contribution in [1.29, 1.82) is 0 Å². The van der Waals surface area contributed by atoms with Gasteiger partial charge in [-0.2, -0.15) is 0 Å². The lowest BCUT2D eigenvalue weighted by molar-refractivity contribution is -0.601. The summed E-state index contributed by atoms with van der Waals surface area (Å²) in [5.74, 6) is -14.6. The smallest absolute Gasteiger partial charge is 0.340 e. The summed E-state index contributed by atoms with van der Waals surface area (Å²) < 4.78 is 31.2. The standard InChI is InChI=1S/C28H22O15/c1-24-6-27(38)26-5-8-17(31)13-11(3-9(29)18(32)14(13)22(34)35)40-20(8)21(25(2,41-24)43-27)28(26,42-24)16-12(39-7-26)4-10(30)19(33)15(16)23(36)37/h3-4,21,29-30,32-33,38H,5-7H2,1-2H3,(H,34,35)(H,36,37)/t21-,24+,25+,26-,27+,28+/m1/s1. The van der Waals surface area contributed by atoms with E-state index in [1.165, 1.54) is 13.8 Å². The van der Waals surface area contributed by atoms with Crippen molar-refractivity contribution in [2.45, 2.75) is 55.6 Å². The van der Waals surface area contributed by atoms with Crippen molar-refractivity contribution in [2.75, 3.05) is 6.61 Å². The first kappa shape index (κ1) is 26.1. The molecule has 43 heavy (non-hydrogen) atoms. The van der Waals surface area contributed by atoms with Crippen molar-refractivity contribution in [3.8, 4) is 28.7 Å². The SMILES string of the molecule is C[C@]12C[C@]3(O)O[C@](C)(O1)[C@H]1c4oc5cc(O)c(O)c(C(=O)O)c5c(=O)c4C[C@@]34COc3cc(O)c(O)c(C(=O)O)c3[C@]14O2. The minimum atomic E-state index is -2.21. The van der Waals surface area contributed by atoms with E-state index in [-0.39, 0.29) is 29.1 Å². The van der Waals surface area contributed by atoms with Gasteiger partial charge in [0.05, 0.1) is 17.2 Å². The highest BCUT2D eigenvalue weighted by atomic mass is 16.9. The monoisotopic (exact) mass is 598 g/mol. The van der Waals surface area contributed by atoms with Gasteiger partial charge in [0, 0.05) is 23.3 Å². The number of carboxylic acids is 2. The summed E-state index contributed by atoms with van der Waals surface area (Å²) in [6, 6.07) is 1.87. The van der Waals surface area contributed by atoms with Gasteiger partial charge in [0.2, 0.25) is 0 Å². The van der Waals surface area contributed by atoms with Crippen molar-refractivity contribution in [1.82, 2.24) is 0 Å². The molecule has 5 aliphatic heterocycles. The first-order valence-electron chi connectivity index (χ1n) is 13.1. The molecule has 0 saturated carbocycles. The molecule has 6 heterocycles. The van der Waals surface area contributed by atoms with Gasteiger partial charge in [0.15, 0.2) is 45.8 Å². The van der Waals surface area contributed by atoms with Crippen LogP contribution in [0.1, 0.15) is 63.8 Å². The molecule has 6 aliphatic rings. The van der Waals surface area contributed by atoms with Crippen LogP contribution in [-0.4, -0.2) is 71.7 Å². The Morgan fingerprint density at radius 2 is 1.58 bits per heavy atom. The van der Waals surface area contributed by atoms with Gasteiger partial charge in [-0.1, -0.05) is 0 Å². The van der Waals surface area contributed by atoms with Gasteiger partial charge in [-0.3, -0.25) is 4.79 Å². The fourth-order valence-corrected chi connectivity index (χ4v) is 8.38. The van der Waals surface area contributed by atoms with Crippen molar-refractivity contribution in [3.63, 3.8) is 0 Å². The van der Waals surface area contributed by atoms with Gasteiger partial charge in [-0.05, 0) is 20.3 Å². The maximum absolute atomic E-state index is 14.2. The molecule has 9 rings (SSSR count). The topological polar surface area (TPSA) is 243 Å². The van der Waals surface area contributed by atoms with Gasteiger partial charge in [0.25, 0.3) is 0 Å². The highest BCUT2D eigenvalue weighted by molar-refractivity contribution is 6.06. The van der Waals surface area contributed by atoms with Crippen LogP contribution in [0, 0.1) is 5.41 Å². The molecular weight excluding hydrogens is 576 g/mol. The van der Waals surface area contributed by atoms with Gasteiger partial charge in [-0.25, -0.2) is 9.59 Å². The number of carboxylic acid groups (broad SMARTS) is 2. The van der Waals surface area contributed by atoms with E-state index in [0.717, 1.165) is 12.1 Å². The number of rotatable bonds is 2. The highest BCUT2D eigenvalue weighted by Crippen LogP contribution is 2.79. The molecule has 4 fully saturated rings. The number of phenols is 4. The van der Waals surface area contributed by atoms with E-state index in [1.54, 1.807) is 0 Å². The Bertz CT molecular complexity index is 1960. The number of benzene rings is 2. The van der Waals surface area contributed by atoms with Crippen LogP contribution in [0.2, 0.25) is 0 Å². The number of ether oxygens (including phenoxy) is 4. The molecule has 224 valence electrons. The average molecular weight is 598 g/mol. The van der Waals surface area contributed by atoms with E-state index in [1.807, 2.05) is 0 Å². The Labute approximate surface area is 238 Å². The number of phenolic OH excluding ortho intramolecular Hbond substituents is 2. The molecular formula is C28H22O15. The highest BCUT2D eigenvalue weighted by Gasteiger charge is 2.88. The number of carbonyl (C=O) groups is 2. The van der Waals surface area contributed by atoms with E-state index in [9.17, 15) is 50.1 Å². The minimum Gasteiger partial charge on any atom is -0.504 e. The lowest BCUT2D eigenvalue weighted by Gasteiger charge is -2.77. The molecule has 2 aromatic carbocycles. The predicted octanol–water partition coefficient (Wildman–Crippen LogP) is 1.53. The van der Waals surface area contributed by atoms with E-state index in [4.69, 9.17) is 23.4 Å². The fraction of sp³-hybridized carbons (Fsp3) is 0.393. The van der Waals surface area contributed by atoms with Crippen LogP contribution in [-0.2, 0) is 26.2 Å². The Hall–Kier alpha value is -4.57. The van der Waals surface area contributed by atoms with E-state index in [2.05, 4.69) is 0 Å². The summed E-state index contributed by atoms with van der Waals surface area (Å²) in [4.78, 5) is 39.0. The summed E-state index contributed by atoms with van der Waals surface area (Å²) in [5, 5.41) is 73.7. The molecule has 0 radical (unpaired) electrons.